The van der Waals surface area contributed by atoms with Crippen LogP contribution in [-0.2, 0) is 0 Å². The molecule has 2 unspecified atom stereocenters. The fourth-order valence-electron chi connectivity index (χ4n) is 3.94. The molecule has 0 aromatic rings. The summed E-state index contributed by atoms with van der Waals surface area (Å²) in [5.41, 5.74) is 0.568. The van der Waals surface area contributed by atoms with Crippen molar-refractivity contribution < 1.29 is 0 Å². The molecule has 3 aliphatic rings. The Hall–Kier alpha value is 0.270. The molecule has 2 atom stereocenters. The van der Waals surface area contributed by atoms with Gasteiger partial charge in [0.1, 0.15) is 0 Å². The van der Waals surface area contributed by atoms with E-state index in [1.165, 1.54) is 58.3 Å². The van der Waals surface area contributed by atoms with Gasteiger partial charge < -0.3 is 0 Å². The minimum Gasteiger partial charge on any atom is -0.298 e. The van der Waals surface area contributed by atoms with Crippen LogP contribution in [0.1, 0.15) is 39.0 Å². The first-order valence-electron chi connectivity index (χ1n) is 7.31. The third kappa shape index (κ3) is 2.26. The smallest absolute Gasteiger partial charge is 0.0224 e. The lowest BCUT2D eigenvalue weighted by Gasteiger charge is -2.49. The highest BCUT2D eigenvalue weighted by atomic mass is 32.1. The first-order chi connectivity index (χ1) is 8.22. The summed E-state index contributed by atoms with van der Waals surface area (Å²) >= 11 is 4.60. The van der Waals surface area contributed by atoms with Crippen LogP contribution in [0.5, 0.6) is 0 Å². The molecular formula is C14H26N2S. The topological polar surface area (TPSA) is 6.48 Å². The molecule has 0 bridgehead atoms. The second-order valence-corrected chi connectivity index (χ2v) is 6.90. The number of nitrogens with zero attached hydrogens (tertiary/aromatic N) is 2. The van der Waals surface area contributed by atoms with Crippen molar-refractivity contribution in [3.63, 3.8) is 0 Å². The highest BCUT2D eigenvalue weighted by Gasteiger charge is 2.41. The van der Waals surface area contributed by atoms with Gasteiger partial charge in [-0.05, 0) is 50.3 Å². The summed E-state index contributed by atoms with van der Waals surface area (Å²) in [6.07, 6.45) is 7.10. The van der Waals surface area contributed by atoms with Gasteiger partial charge in [0.2, 0.25) is 0 Å². The average Bonchev–Trinajstić information content (AvgIpc) is 2.70. The Bertz CT molecular complexity index is 272. The highest BCUT2D eigenvalue weighted by molar-refractivity contribution is 7.80. The van der Waals surface area contributed by atoms with E-state index in [4.69, 9.17) is 0 Å². The Kier molecular flexibility index (Phi) is 3.44. The van der Waals surface area contributed by atoms with Crippen LogP contribution >= 0.6 is 12.6 Å². The summed E-state index contributed by atoms with van der Waals surface area (Å²) < 4.78 is 0. The average molecular weight is 254 g/mol. The first-order valence-corrected chi connectivity index (χ1v) is 7.95. The van der Waals surface area contributed by atoms with Crippen molar-refractivity contribution in [1.82, 2.24) is 9.80 Å². The van der Waals surface area contributed by atoms with E-state index in [9.17, 15) is 0 Å². The van der Waals surface area contributed by atoms with E-state index in [0.29, 0.717) is 5.41 Å². The van der Waals surface area contributed by atoms with E-state index in [1.807, 2.05) is 0 Å². The molecule has 3 fully saturated rings. The molecule has 2 saturated heterocycles. The highest BCUT2D eigenvalue weighted by Crippen LogP contribution is 2.43. The molecule has 0 N–H and O–H groups in total. The Morgan fingerprint density at radius 2 is 2.06 bits per heavy atom. The standard InChI is InChI=1S/C14H26N2S/c1-12-8-15-7-2-4-13(15)9-16(12)10-14(11-17)5-3-6-14/h12-13,17H,2-11H2,1H3. The van der Waals surface area contributed by atoms with Crippen LogP contribution in [0, 0.1) is 5.41 Å². The Labute approximate surface area is 111 Å². The van der Waals surface area contributed by atoms with Gasteiger partial charge in [0.05, 0.1) is 0 Å². The van der Waals surface area contributed by atoms with Gasteiger partial charge >= 0.3 is 0 Å². The van der Waals surface area contributed by atoms with E-state index in [0.717, 1.165) is 17.8 Å². The van der Waals surface area contributed by atoms with Crippen LogP contribution in [0.3, 0.4) is 0 Å². The van der Waals surface area contributed by atoms with E-state index in [-0.39, 0.29) is 0 Å². The lowest BCUT2D eigenvalue weighted by molar-refractivity contribution is 0.00748. The molecular weight excluding hydrogens is 228 g/mol. The van der Waals surface area contributed by atoms with Crippen molar-refractivity contribution in [2.75, 3.05) is 31.9 Å². The molecule has 0 radical (unpaired) electrons. The zero-order valence-electron chi connectivity index (χ0n) is 11.1. The Balaban J connectivity index is 1.62. The van der Waals surface area contributed by atoms with Gasteiger partial charge in [0.15, 0.2) is 0 Å². The van der Waals surface area contributed by atoms with Crippen molar-refractivity contribution in [1.29, 1.82) is 0 Å². The molecule has 0 spiro atoms. The lowest BCUT2D eigenvalue weighted by Crippen LogP contribution is -2.58. The number of rotatable bonds is 3. The monoisotopic (exact) mass is 254 g/mol. The molecule has 3 rings (SSSR count). The molecule has 17 heavy (non-hydrogen) atoms. The summed E-state index contributed by atoms with van der Waals surface area (Å²) in [5.74, 6) is 1.09. The predicted octanol–water partition coefficient (Wildman–Crippen LogP) is 2.25. The van der Waals surface area contributed by atoms with Crippen molar-refractivity contribution >= 4 is 12.6 Å². The van der Waals surface area contributed by atoms with Crippen LogP contribution in [0.15, 0.2) is 0 Å². The molecule has 98 valence electrons. The summed E-state index contributed by atoms with van der Waals surface area (Å²) in [6, 6.07) is 1.62. The fourth-order valence-corrected chi connectivity index (χ4v) is 4.36. The van der Waals surface area contributed by atoms with E-state index < -0.39 is 0 Å². The second-order valence-electron chi connectivity index (χ2n) is 6.58. The molecule has 0 aromatic heterocycles. The van der Waals surface area contributed by atoms with E-state index in [1.54, 1.807) is 0 Å². The minimum absolute atomic E-state index is 0.568. The van der Waals surface area contributed by atoms with Gasteiger partial charge in [-0.25, -0.2) is 0 Å². The van der Waals surface area contributed by atoms with Gasteiger partial charge in [-0.15, -0.1) is 0 Å². The van der Waals surface area contributed by atoms with Crippen LogP contribution < -0.4 is 0 Å². The third-order valence-electron chi connectivity index (χ3n) is 5.35. The van der Waals surface area contributed by atoms with Crippen molar-refractivity contribution in [3.8, 4) is 0 Å². The molecule has 2 heterocycles. The number of hydrogen-bond donors (Lipinski definition) is 1. The van der Waals surface area contributed by atoms with Gasteiger partial charge in [-0.3, -0.25) is 9.80 Å². The number of thiol groups is 1. The van der Waals surface area contributed by atoms with Gasteiger partial charge in [-0.1, -0.05) is 6.42 Å². The largest absolute Gasteiger partial charge is 0.298 e. The zero-order chi connectivity index (χ0) is 11.9. The van der Waals surface area contributed by atoms with Crippen LogP contribution in [0.25, 0.3) is 0 Å². The fraction of sp³-hybridized carbons (Fsp3) is 1.00. The molecule has 0 aromatic carbocycles. The normalized spacial score (nSPS) is 37.8. The Morgan fingerprint density at radius 1 is 1.24 bits per heavy atom. The Morgan fingerprint density at radius 3 is 2.71 bits per heavy atom. The molecule has 3 heteroatoms. The number of hydrogen-bond acceptors (Lipinski definition) is 3. The molecule has 2 nitrogen and oxygen atoms in total. The summed E-state index contributed by atoms with van der Waals surface area (Å²) in [6.45, 7) is 7.69. The van der Waals surface area contributed by atoms with Gasteiger partial charge in [0.25, 0.3) is 0 Å². The maximum atomic E-state index is 4.60. The van der Waals surface area contributed by atoms with Crippen LogP contribution in [0.4, 0.5) is 0 Å². The molecule has 2 aliphatic heterocycles. The first kappa shape index (κ1) is 12.3. The number of piperazine rings is 1. The van der Waals surface area contributed by atoms with E-state index in [2.05, 4.69) is 29.4 Å². The maximum Gasteiger partial charge on any atom is 0.0224 e. The summed E-state index contributed by atoms with van der Waals surface area (Å²) in [4.78, 5) is 5.48. The van der Waals surface area contributed by atoms with Crippen LogP contribution in [0.2, 0.25) is 0 Å². The van der Waals surface area contributed by atoms with Gasteiger partial charge in [-0.2, -0.15) is 12.6 Å². The predicted molar refractivity (Wildman–Crippen MR) is 75.8 cm³/mol. The number of fused-ring (bicyclic) bond motifs is 1. The maximum absolute atomic E-state index is 4.60. The second kappa shape index (κ2) is 4.75. The van der Waals surface area contributed by atoms with Crippen molar-refractivity contribution in [3.05, 3.63) is 0 Å². The summed E-state index contributed by atoms with van der Waals surface area (Å²) in [5, 5.41) is 0. The SMILES string of the molecule is CC1CN2CCCC2CN1CC1(CS)CCC1. The minimum atomic E-state index is 0.568. The third-order valence-corrected chi connectivity index (χ3v) is 6.03. The summed E-state index contributed by atoms with van der Waals surface area (Å²) in [7, 11) is 0. The van der Waals surface area contributed by atoms with Gasteiger partial charge in [0, 0.05) is 31.7 Å². The molecule has 0 amide bonds. The van der Waals surface area contributed by atoms with Crippen molar-refractivity contribution in [2.45, 2.75) is 51.1 Å². The molecule has 1 saturated carbocycles. The van der Waals surface area contributed by atoms with E-state index >= 15 is 0 Å². The van der Waals surface area contributed by atoms with Crippen LogP contribution in [-0.4, -0.2) is 53.8 Å². The zero-order valence-corrected chi connectivity index (χ0v) is 12.0. The van der Waals surface area contributed by atoms with Crippen molar-refractivity contribution in [2.24, 2.45) is 5.41 Å². The quantitative estimate of drug-likeness (QED) is 0.772. The lowest BCUT2D eigenvalue weighted by atomic mass is 9.69. The molecule has 1 aliphatic carbocycles.